The van der Waals surface area contributed by atoms with E-state index in [0.717, 1.165) is 5.69 Å². The average molecular weight is 320 g/mol. The predicted molar refractivity (Wildman–Crippen MR) is 86.3 cm³/mol. The summed E-state index contributed by atoms with van der Waals surface area (Å²) in [5.74, 6) is 0.786. The SMILES string of the molecule is CC(C)/C=C/c1cn([C@@H]2CN(C(=O)C3CC(F)C3)C[C@@H]2C)nn1. The standard InChI is InChI=1S/C17H25FN4O/c1-11(2)4-5-15-9-22(20-19-15)16-10-21(8-12(16)3)17(23)13-6-14(18)7-13/h4-5,9,11-14,16H,6-8,10H2,1-3H3/b5-4+/t12-,13?,14?,16+/m0/s1. The first-order valence-corrected chi connectivity index (χ1v) is 8.47. The first-order valence-electron chi connectivity index (χ1n) is 8.47. The smallest absolute Gasteiger partial charge is 0.225 e. The molecule has 1 amide bonds. The zero-order valence-electron chi connectivity index (χ0n) is 14.0. The Labute approximate surface area is 136 Å². The van der Waals surface area contributed by atoms with E-state index >= 15 is 0 Å². The zero-order chi connectivity index (χ0) is 16.6. The van der Waals surface area contributed by atoms with E-state index in [-0.39, 0.29) is 17.9 Å². The molecule has 0 N–H and O–H groups in total. The van der Waals surface area contributed by atoms with Gasteiger partial charge in [0.15, 0.2) is 0 Å². The van der Waals surface area contributed by atoms with Crippen molar-refractivity contribution in [3.63, 3.8) is 0 Å². The van der Waals surface area contributed by atoms with Crippen LogP contribution in [-0.2, 0) is 4.79 Å². The minimum atomic E-state index is -0.787. The molecule has 2 aliphatic rings. The highest BCUT2D eigenvalue weighted by Crippen LogP contribution is 2.35. The number of allylic oxidation sites excluding steroid dienone is 1. The lowest BCUT2D eigenvalue weighted by Crippen LogP contribution is -2.41. The molecule has 1 saturated heterocycles. The lowest BCUT2D eigenvalue weighted by atomic mass is 9.82. The van der Waals surface area contributed by atoms with Gasteiger partial charge in [0.25, 0.3) is 0 Å². The molecule has 1 saturated carbocycles. The molecule has 1 aromatic heterocycles. The summed E-state index contributed by atoms with van der Waals surface area (Å²) in [4.78, 5) is 14.3. The van der Waals surface area contributed by atoms with Gasteiger partial charge < -0.3 is 4.90 Å². The Morgan fingerprint density at radius 2 is 2.13 bits per heavy atom. The van der Waals surface area contributed by atoms with Crippen LogP contribution >= 0.6 is 0 Å². The summed E-state index contributed by atoms with van der Waals surface area (Å²) in [5.41, 5.74) is 0.843. The molecule has 5 nitrogen and oxygen atoms in total. The maximum absolute atomic E-state index is 13.0. The first kappa shape index (κ1) is 16.1. The number of hydrogen-bond donors (Lipinski definition) is 0. The van der Waals surface area contributed by atoms with Crippen molar-refractivity contribution in [3.8, 4) is 0 Å². The van der Waals surface area contributed by atoms with Crippen LogP contribution in [0.3, 0.4) is 0 Å². The number of nitrogens with zero attached hydrogens (tertiary/aromatic N) is 4. The average Bonchev–Trinajstić information content (AvgIpc) is 3.07. The third-order valence-corrected chi connectivity index (χ3v) is 4.83. The molecule has 1 aromatic rings. The number of carbonyl (C=O) groups excluding carboxylic acids is 1. The van der Waals surface area contributed by atoms with Gasteiger partial charge in [0.1, 0.15) is 11.9 Å². The largest absolute Gasteiger partial charge is 0.340 e. The number of rotatable bonds is 4. The van der Waals surface area contributed by atoms with Gasteiger partial charge in [0.2, 0.25) is 5.91 Å². The highest BCUT2D eigenvalue weighted by Gasteiger charge is 2.41. The van der Waals surface area contributed by atoms with Crippen molar-refractivity contribution in [2.45, 2.75) is 45.8 Å². The molecule has 3 rings (SSSR count). The van der Waals surface area contributed by atoms with Gasteiger partial charge in [-0.25, -0.2) is 9.07 Å². The number of alkyl halides is 1. The molecule has 2 heterocycles. The third kappa shape index (κ3) is 3.46. The van der Waals surface area contributed by atoms with E-state index in [2.05, 4.69) is 37.2 Å². The second kappa shape index (κ2) is 6.42. The summed E-state index contributed by atoms with van der Waals surface area (Å²) < 4.78 is 14.8. The molecule has 6 heteroatoms. The summed E-state index contributed by atoms with van der Waals surface area (Å²) in [6.07, 6.45) is 6.00. The van der Waals surface area contributed by atoms with Gasteiger partial charge >= 0.3 is 0 Å². The Morgan fingerprint density at radius 3 is 2.78 bits per heavy atom. The number of likely N-dealkylation sites (tertiary alicyclic amines) is 1. The maximum Gasteiger partial charge on any atom is 0.225 e. The van der Waals surface area contributed by atoms with Crippen molar-refractivity contribution in [2.24, 2.45) is 17.8 Å². The molecule has 2 atom stereocenters. The monoisotopic (exact) mass is 320 g/mol. The van der Waals surface area contributed by atoms with E-state index in [1.54, 1.807) is 0 Å². The fourth-order valence-corrected chi connectivity index (χ4v) is 3.30. The topological polar surface area (TPSA) is 51.0 Å². The third-order valence-electron chi connectivity index (χ3n) is 4.83. The molecule has 23 heavy (non-hydrogen) atoms. The van der Waals surface area contributed by atoms with Crippen molar-refractivity contribution < 1.29 is 9.18 Å². The quantitative estimate of drug-likeness (QED) is 0.857. The van der Waals surface area contributed by atoms with Crippen molar-refractivity contribution in [1.82, 2.24) is 19.9 Å². The lowest BCUT2D eigenvalue weighted by Gasteiger charge is -2.32. The summed E-state index contributed by atoms with van der Waals surface area (Å²) in [6, 6.07) is 0.147. The fourth-order valence-electron chi connectivity index (χ4n) is 3.30. The Balaban J connectivity index is 1.63. The van der Waals surface area contributed by atoms with Crippen LogP contribution in [0.15, 0.2) is 12.3 Å². The predicted octanol–water partition coefficient (Wildman–Crippen LogP) is 2.71. The van der Waals surface area contributed by atoms with Crippen LogP contribution < -0.4 is 0 Å². The summed E-state index contributed by atoms with van der Waals surface area (Å²) in [5, 5.41) is 8.41. The van der Waals surface area contributed by atoms with Crippen LogP contribution in [0.4, 0.5) is 4.39 Å². The molecule has 1 aliphatic carbocycles. The van der Waals surface area contributed by atoms with Crippen LogP contribution in [0.1, 0.15) is 45.3 Å². The van der Waals surface area contributed by atoms with E-state index in [0.29, 0.717) is 37.8 Å². The molecule has 0 spiro atoms. The highest BCUT2D eigenvalue weighted by atomic mass is 19.1. The van der Waals surface area contributed by atoms with Gasteiger partial charge in [0.05, 0.1) is 12.2 Å². The molecule has 0 unspecified atom stereocenters. The molecule has 0 bridgehead atoms. The van der Waals surface area contributed by atoms with Crippen molar-refractivity contribution in [1.29, 1.82) is 0 Å². The van der Waals surface area contributed by atoms with Gasteiger partial charge in [-0.2, -0.15) is 0 Å². The molecule has 0 aromatic carbocycles. The second-order valence-electron chi connectivity index (χ2n) is 7.28. The minimum absolute atomic E-state index is 0.105. The first-order chi connectivity index (χ1) is 10.9. The van der Waals surface area contributed by atoms with Gasteiger partial charge in [-0.1, -0.05) is 32.1 Å². The van der Waals surface area contributed by atoms with Crippen LogP contribution in [0.5, 0.6) is 0 Å². The van der Waals surface area contributed by atoms with E-state index in [1.807, 2.05) is 21.9 Å². The van der Waals surface area contributed by atoms with Crippen LogP contribution in [0.25, 0.3) is 6.08 Å². The molecule has 126 valence electrons. The van der Waals surface area contributed by atoms with E-state index < -0.39 is 6.17 Å². The fraction of sp³-hybridized carbons (Fsp3) is 0.706. The Hall–Kier alpha value is -1.72. The molecule has 2 fully saturated rings. The van der Waals surface area contributed by atoms with E-state index in [1.165, 1.54) is 0 Å². The molecule has 1 aliphatic heterocycles. The molecular weight excluding hydrogens is 295 g/mol. The van der Waals surface area contributed by atoms with E-state index in [4.69, 9.17) is 0 Å². The second-order valence-corrected chi connectivity index (χ2v) is 7.28. The van der Waals surface area contributed by atoms with Gasteiger partial charge in [0, 0.05) is 19.0 Å². The number of halogens is 1. The van der Waals surface area contributed by atoms with E-state index in [9.17, 15) is 9.18 Å². The Morgan fingerprint density at radius 1 is 1.39 bits per heavy atom. The van der Waals surface area contributed by atoms with Crippen LogP contribution in [-0.4, -0.2) is 45.1 Å². The molecule has 0 radical (unpaired) electrons. The molecular formula is C17H25FN4O. The summed E-state index contributed by atoms with van der Waals surface area (Å²) >= 11 is 0. The lowest BCUT2D eigenvalue weighted by molar-refractivity contribution is -0.139. The minimum Gasteiger partial charge on any atom is -0.340 e. The van der Waals surface area contributed by atoms with Crippen LogP contribution in [0, 0.1) is 17.8 Å². The van der Waals surface area contributed by atoms with Crippen molar-refractivity contribution in [2.75, 3.05) is 13.1 Å². The normalized spacial score (nSPS) is 31.1. The summed E-state index contributed by atoms with van der Waals surface area (Å²) in [6.45, 7) is 7.72. The van der Waals surface area contributed by atoms with Gasteiger partial charge in [-0.05, 0) is 30.8 Å². The zero-order valence-corrected chi connectivity index (χ0v) is 14.0. The number of amides is 1. The number of aromatic nitrogens is 3. The Kier molecular flexibility index (Phi) is 4.50. The van der Waals surface area contributed by atoms with Gasteiger partial charge in [-0.15, -0.1) is 5.10 Å². The number of hydrogen-bond acceptors (Lipinski definition) is 3. The Bertz CT molecular complexity index is 591. The van der Waals surface area contributed by atoms with Crippen molar-refractivity contribution in [3.05, 3.63) is 18.0 Å². The van der Waals surface area contributed by atoms with Crippen molar-refractivity contribution >= 4 is 12.0 Å². The highest BCUT2D eigenvalue weighted by molar-refractivity contribution is 5.80. The maximum atomic E-state index is 13.0. The number of carbonyl (C=O) groups is 1. The summed E-state index contributed by atoms with van der Waals surface area (Å²) in [7, 11) is 0. The van der Waals surface area contributed by atoms with Gasteiger partial charge in [-0.3, -0.25) is 4.79 Å². The van der Waals surface area contributed by atoms with Crippen LogP contribution in [0.2, 0.25) is 0 Å².